The Hall–Kier alpha value is -1.82. The monoisotopic (exact) mass is 265 g/mol. The predicted molar refractivity (Wildman–Crippen MR) is 74.5 cm³/mol. The van der Waals surface area contributed by atoms with E-state index in [-0.39, 0.29) is 23.2 Å². The Balaban J connectivity index is 2.29. The molecule has 0 radical (unpaired) electrons. The maximum absolute atomic E-state index is 11.2. The number of nitrogens with one attached hydrogen (secondary N) is 2. The van der Waals surface area contributed by atoms with E-state index in [1.165, 1.54) is 0 Å². The number of aliphatic hydroxyl groups is 1. The van der Waals surface area contributed by atoms with Crippen molar-refractivity contribution in [3.05, 3.63) is 28.3 Å². The third-order valence-corrected chi connectivity index (χ3v) is 4.03. The first-order valence-corrected chi connectivity index (χ1v) is 6.27. The molecule has 19 heavy (non-hydrogen) atoms. The van der Waals surface area contributed by atoms with E-state index in [1.54, 1.807) is 25.2 Å². The summed E-state index contributed by atoms with van der Waals surface area (Å²) in [6.07, 6.45) is 0.241. The van der Waals surface area contributed by atoms with Crippen molar-refractivity contribution in [2.45, 2.75) is 32.4 Å². The molecule has 6 heteroatoms. The lowest BCUT2D eigenvalue weighted by atomic mass is 9.64. The van der Waals surface area contributed by atoms with Crippen LogP contribution >= 0.6 is 0 Å². The maximum Gasteiger partial charge on any atom is 0.315 e. The molecule has 2 unspecified atom stereocenters. The zero-order chi connectivity index (χ0) is 14.2. The third-order valence-electron chi connectivity index (χ3n) is 4.03. The van der Waals surface area contributed by atoms with Gasteiger partial charge in [0.15, 0.2) is 0 Å². The Bertz CT molecular complexity index is 502. The number of nitrogens with zero attached hydrogens (tertiary/aromatic N) is 1. The van der Waals surface area contributed by atoms with Crippen LogP contribution in [-0.2, 0) is 0 Å². The van der Waals surface area contributed by atoms with Crippen molar-refractivity contribution < 1.29 is 10.0 Å². The van der Waals surface area contributed by atoms with Crippen molar-refractivity contribution in [3.63, 3.8) is 0 Å². The molecule has 0 aromatic heterocycles. The minimum absolute atomic E-state index is 0.0355. The normalized spacial score (nSPS) is 24.4. The first-order valence-electron chi connectivity index (χ1n) is 6.27. The van der Waals surface area contributed by atoms with Crippen LogP contribution in [0.1, 0.15) is 20.3 Å². The standard InChI is InChI=1S/C13H19N3O3/c1-13(2)10(7-11(13)17)15-9-6-4-5-8(14-3)12(9)16(18)19/h4-6,10-11,14-15,17H,7H2,1-3H3. The molecule has 0 amide bonds. The van der Waals surface area contributed by atoms with Gasteiger partial charge in [-0.15, -0.1) is 0 Å². The Morgan fingerprint density at radius 2 is 2.05 bits per heavy atom. The van der Waals surface area contributed by atoms with E-state index in [0.717, 1.165) is 0 Å². The first-order chi connectivity index (χ1) is 8.87. The summed E-state index contributed by atoms with van der Waals surface area (Å²) < 4.78 is 0. The molecule has 1 saturated carbocycles. The summed E-state index contributed by atoms with van der Waals surface area (Å²) in [7, 11) is 1.66. The quantitative estimate of drug-likeness (QED) is 0.574. The van der Waals surface area contributed by atoms with Crippen LogP contribution < -0.4 is 10.6 Å². The number of aliphatic hydroxyl groups excluding tert-OH is 1. The third kappa shape index (κ3) is 2.23. The van der Waals surface area contributed by atoms with Crippen molar-refractivity contribution in [1.82, 2.24) is 0 Å². The van der Waals surface area contributed by atoms with E-state index in [1.807, 2.05) is 13.8 Å². The van der Waals surface area contributed by atoms with Gasteiger partial charge in [0.1, 0.15) is 11.4 Å². The summed E-state index contributed by atoms with van der Waals surface area (Å²) >= 11 is 0. The van der Waals surface area contributed by atoms with E-state index < -0.39 is 4.92 Å². The molecular formula is C13H19N3O3. The van der Waals surface area contributed by atoms with Crippen LogP contribution in [0.5, 0.6) is 0 Å². The Morgan fingerprint density at radius 1 is 1.42 bits per heavy atom. The number of benzene rings is 1. The Kier molecular flexibility index (Phi) is 3.36. The number of nitro groups is 1. The lowest BCUT2D eigenvalue weighted by Crippen LogP contribution is -2.56. The van der Waals surface area contributed by atoms with Crippen LogP contribution in [0, 0.1) is 15.5 Å². The highest BCUT2D eigenvalue weighted by Crippen LogP contribution is 2.44. The van der Waals surface area contributed by atoms with Crippen LogP contribution in [0.25, 0.3) is 0 Å². The number of para-hydroxylation sites is 1. The molecule has 0 saturated heterocycles. The zero-order valence-corrected chi connectivity index (χ0v) is 11.3. The summed E-state index contributed by atoms with van der Waals surface area (Å²) in [6.45, 7) is 3.90. The molecular weight excluding hydrogens is 246 g/mol. The highest BCUT2D eigenvalue weighted by Gasteiger charge is 2.47. The molecule has 1 fully saturated rings. The van der Waals surface area contributed by atoms with Gasteiger partial charge in [0.2, 0.25) is 0 Å². The van der Waals surface area contributed by atoms with Crippen molar-refractivity contribution in [2.75, 3.05) is 17.7 Å². The molecule has 0 spiro atoms. The van der Waals surface area contributed by atoms with Crippen LogP contribution in [0.15, 0.2) is 18.2 Å². The van der Waals surface area contributed by atoms with Crippen molar-refractivity contribution in [3.8, 4) is 0 Å². The van der Waals surface area contributed by atoms with E-state index in [2.05, 4.69) is 10.6 Å². The average molecular weight is 265 g/mol. The van der Waals surface area contributed by atoms with Crippen LogP contribution in [0.2, 0.25) is 0 Å². The number of nitro benzene ring substituents is 1. The lowest BCUT2D eigenvalue weighted by molar-refractivity contribution is -0.383. The van der Waals surface area contributed by atoms with Gasteiger partial charge >= 0.3 is 5.69 Å². The highest BCUT2D eigenvalue weighted by atomic mass is 16.6. The molecule has 1 aliphatic carbocycles. The zero-order valence-electron chi connectivity index (χ0n) is 11.3. The van der Waals surface area contributed by atoms with E-state index in [0.29, 0.717) is 17.8 Å². The minimum Gasteiger partial charge on any atom is -0.392 e. The van der Waals surface area contributed by atoms with Crippen LogP contribution in [0.4, 0.5) is 17.1 Å². The number of hydrogen-bond acceptors (Lipinski definition) is 5. The average Bonchev–Trinajstić information content (AvgIpc) is 2.37. The van der Waals surface area contributed by atoms with Gasteiger partial charge in [-0.05, 0) is 18.6 Å². The summed E-state index contributed by atoms with van der Waals surface area (Å²) in [5.74, 6) is 0. The Labute approximate surface area is 112 Å². The second-order valence-corrected chi connectivity index (χ2v) is 5.48. The van der Waals surface area contributed by atoms with Gasteiger partial charge in [-0.2, -0.15) is 0 Å². The highest BCUT2D eigenvalue weighted by molar-refractivity contribution is 5.76. The second kappa shape index (κ2) is 4.70. The van der Waals surface area contributed by atoms with Crippen LogP contribution in [-0.4, -0.2) is 29.2 Å². The molecule has 6 nitrogen and oxygen atoms in total. The fourth-order valence-corrected chi connectivity index (χ4v) is 2.39. The molecule has 1 aromatic carbocycles. The summed E-state index contributed by atoms with van der Waals surface area (Å²) in [4.78, 5) is 10.8. The molecule has 2 rings (SSSR count). The topological polar surface area (TPSA) is 87.4 Å². The first kappa shape index (κ1) is 13.6. The maximum atomic E-state index is 11.2. The van der Waals surface area contributed by atoms with Gasteiger partial charge in [-0.1, -0.05) is 19.9 Å². The molecule has 2 atom stereocenters. The van der Waals surface area contributed by atoms with E-state index >= 15 is 0 Å². The second-order valence-electron chi connectivity index (χ2n) is 5.48. The van der Waals surface area contributed by atoms with Crippen LogP contribution in [0.3, 0.4) is 0 Å². The molecule has 104 valence electrons. The van der Waals surface area contributed by atoms with Gasteiger partial charge in [-0.25, -0.2) is 0 Å². The van der Waals surface area contributed by atoms with Gasteiger partial charge in [0, 0.05) is 18.5 Å². The Morgan fingerprint density at radius 3 is 2.53 bits per heavy atom. The van der Waals surface area contributed by atoms with E-state index in [9.17, 15) is 15.2 Å². The lowest BCUT2D eigenvalue weighted by Gasteiger charge is -2.49. The molecule has 1 aliphatic rings. The van der Waals surface area contributed by atoms with Crippen molar-refractivity contribution >= 4 is 17.1 Å². The fourth-order valence-electron chi connectivity index (χ4n) is 2.39. The predicted octanol–water partition coefficient (Wildman–Crippen LogP) is 2.21. The molecule has 0 heterocycles. The van der Waals surface area contributed by atoms with Gasteiger partial charge in [-0.3, -0.25) is 10.1 Å². The largest absolute Gasteiger partial charge is 0.392 e. The summed E-state index contributed by atoms with van der Waals surface area (Å²) in [5.41, 5.74) is 0.737. The number of anilines is 2. The molecule has 3 N–H and O–H groups in total. The molecule has 1 aromatic rings. The van der Waals surface area contributed by atoms with E-state index in [4.69, 9.17) is 0 Å². The number of hydrogen-bond donors (Lipinski definition) is 3. The molecule has 0 bridgehead atoms. The van der Waals surface area contributed by atoms with Gasteiger partial charge in [0.05, 0.1) is 11.0 Å². The number of rotatable bonds is 4. The van der Waals surface area contributed by atoms with Crippen molar-refractivity contribution in [2.24, 2.45) is 5.41 Å². The van der Waals surface area contributed by atoms with Gasteiger partial charge < -0.3 is 15.7 Å². The summed E-state index contributed by atoms with van der Waals surface area (Å²) in [5, 5.41) is 26.9. The summed E-state index contributed by atoms with van der Waals surface area (Å²) in [6, 6.07) is 5.17. The van der Waals surface area contributed by atoms with Gasteiger partial charge in [0.25, 0.3) is 0 Å². The minimum atomic E-state index is -0.393. The molecule has 0 aliphatic heterocycles. The van der Waals surface area contributed by atoms with Crippen molar-refractivity contribution in [1.29, 1.82) is 0 Å². The SMILES string of the molecule is CNc1cccc(NC2CC(O)C2(C)C)c1[N+](=O)[O-]. The smallest absolute Gasteiger partial charge is 0.315 e. The fraction of sp³-hybridized carbons (Fsp3) is 0.538.